The average molecular weight is 446 g/mol. The molecule has 1 aliphatic rings. The average Bonchev–Trinajstić information content (AvgIpc) is 3.18. The van der Waals surface area contributed by atoms with Crippen molar-refractivity contribution in [3.05, 3.63) is 69.4 Å². The second-order valence-electron chi connectivity index (χ2n) is 6.50. The fourth-order valence-corrected chi connectivity index (χ4v) is 4.76. The van der Waals surface area contributed by atoms with Gasteiger partial charge in [0.1, 0.15) is 10.8 Å². The molecule has 4 nitrogen and oxygen atoms in total. The molecule has 0 radical (unpaired) electrons. The van der Waals surface area contributed by atoms with Gasteiger partial charge in [0.25, 0.3) is 5.91 Å². The number of hydrogen-bond acceptors (Lipinski definition) is 4. The maximum atomic E-state index is 14.0. The Labute approximate surface area is 169 Å². The number of aromatic nitrogens is 2. The van der Waals surface area contributed by atoms with Gasteiger partial charge in [0.15, 0.2) is 5.01 Å². The predicted molar refractivity (Wildman–Crippen MR) is 107 cm³/mol. The van der Waals surface area contributed by atoms with Crippen LogP contribution in [0.5, 0.6) is 0 Å². The molecular formula is C20H17BrFN3OS. The second kappa shape index (κ2) is 7.86. The van der Waals surface area contributed by atoms with Gasteiger partial charge in [-0.25, -0.2) is 4.39 Å². The third-order valence-electron chi connectivity index (χ3n) is 4.71. The van der Waals surface area contributed by atoms with Crippen molar-refractivity contribution in [3.63, 3.8) is 0 Å². The Morgan fingerprint density at radius 3 is 2.74 bits per heavy atom. The summed E-state index contributed by atoms with van der Waals surface area (Å²) >= 11 is 4.87. The molecule has 0 saturated carbocycles. The van der Waals surface area contributed by atoms with E-state index in [1.165, 1.54) is 17.4 Å². The number of carbonyl (C=O) groups is 1. The van der Waals surface area contributed by atoms with Crippen molar-refractivity contribution in [3.8, 4) is 10.6 Å². The van der Waals surface area contributed by atoms with Crippen molar-refractivity contribution in [1.29, 1.82) is 0 Å². The largest absolute Gasteiger partial charge is 0.338 e. The molecule has 7 heteroatoms. The molecule has 0 aliphatic carbocycles. The van der Waals surface area contributed by atoms with E-state index in [0.29, 0.717) is 22.7 Å². The van der Waals surface area contributed by atoms with E-state index >= 15 is 0 Å². The van der Waals surface area contributed by atoms with Gasteiger partial charge in [0.2, 0.25) is 0 Å². The first-order valence-electron chi connectivity index (χ1n) is 8.75. The highest BCUT2D eigenvalue weighted by atomic mass is 79.9. The van der Waals surface area contributed by atoms with E-state index < -0.39 is 0 Å². The summed E-state index contributed by atoms with van der Waals surface area (Å²) in [6, 6.07) is 14.1. The first kappa shape index (κ1) is 18.3. The van der Waals surface area contributed by atoms with Crippen LogP contribution in [0.1, 0.15) is 34.1 Å². The minimum Gasteiger partial charge on any atom is -0.338 e. The molecule has 1 fully saturated rings. The lowest BCUT2D eigenvalue weighted by Crippen LogP contribution is -2.39. The number of likely N-dealkylation sites (tertiary alicyclic amines) is 1. The molecular weight excluding hydrogens is 429 g/mol. The summed E-state index contributed by atoms with van der Waals surface area (Å²) in [5.41, 5.74) is 1.14. The van der Waals surface area contributed by atoms with Gasteiger partial charge in [0, 0.05) is 29.0 Å². The fourth-order valence-electron chi connectivity index (χ4n) is 3.31. The van der Waals surface area contributed by atoms with E-state index in [2.05, 4.69) is 26.1 Å². The molecule has 1 atom stereocenters. The minimum absolute atomic E-state index is 0.0195. The molecule has 138 valence electrons. The Morgan fingerprint density at radius 2 is 1.93 bits per heavy atom. The molecule has 2 heterocycles. The first-order valence-corrected chi connectivity index (χ1v) is 10.4. The van der Waals surface area contributed by atoms with Crippen molar-refractivity contribution in [2.45, 2.75) is 18.8 Å². The summed E-state index contributed by atoms with van der Waals surface area (Å²) in [7, 11) is 0. The monoisotopic (exact) mass is 445 g/mol. The zero-order valence-corrected chi connectivity index (χ0v) is 16.8. The Morgan fingerprint density at radius 1 is 1.15 bits per heavy atom. The first-order chi connectivity index (χ1) is 13.1. The predicted octanol–water partition coefficient (Wildman–Crippen LogP) is 5.13. The molecule has 1 amide bonds. The summed E-state index contributed by atoms with van der Waals surface area (Å²) < 4.78 is 14.8. The number of amides is 1. The minimum atomic E-state index is -0.297. The molecule has 2 aromatic carbocycles. The lowest BCUT2D eigenvalue weighted by atomic mass is 9.98. The quantitative estimate of drug-likeness (QED) is 0.561. The van der Waals surface area contributed by atoms with E-state index in [-0.39, 0.29) is 17.6 Å². The van der Waals surface area contributed by atoms with Crippen molar-refractivity contribution < 1.29 is 9.18 Å². The third-order valence-corrected chi connectivity index (χ3v) is 6.52. The Hall–Kier alpha value is -2.12. The van der Waals surface area contributed by atoms with E-state index in [1.807, 2.05) is 29.2 Å². The lowest BCUT2D eigenvalue weighted by Gasteiger charge is -2.31. The van der Waals surface area contributed by atoms with Crippen LogP contribution in [0.3, 0.4) is 0 Å². The van der Waals surface area contributed by atoms with Gasteiger partial charge in [-0.05, 0) is 53.0 Å². The van der Waals surface area contributed by atoms with E-state index in [4.69, 9.17) is 0 Å². The highest BCUT2D eigenvalue weighted by Gasteiger charge is 2.28. The van der Waals surface area contributed by atoms with Crippen LogP contribution in [0, 0.1) is 5.82 Å². The van der Waals surface area contributed by atoms with Crippen LogP contribution in [0.25, 0.3) is 10.6 Å². The normalized spacial score (nSPS) is 17.1. The SMILES string of the molecule is O=C(c1ccccc1Br)N1CCC[C@@H](c2nnc(-c3ccccc3F)s2)C1. The van der Waals surface area contributed by atoms with Crippen molar-refractivity contribution in [2.24, 2.45) is 0 Å². The molecule has 1 saturated heterocycles. The van der Waals surface area contributed by atoms with Crippen LogP contribution < -0.4 is 0 Å². The van der Waals surface area contributed by atoms with Gasteiger partial charge in [0.05, 0.1) is 5.56 Å². The number of rotatable bonds is 3. The molecule has 4 rings (SSSR count). The van der Waals surface area contributed by atoms with Crippen LogP contribution in [0.2, 0.25) is 0 Å². The molecule has 1 aromatic heterocycles. The second-order valence-corrected chi connectivity index (χ2v) is 8.36. The molecule has 0 unspecified atom stereocenters. The summed E-state index contributed by atoms with van der Waals surface area (Å²) in [5, 5.41) is 9.92. The number of hydrogen-bond donors (Lipinski definition) is 0. The van der Waals surface area contributed by atoms with Gasteiger partial charge in [-0.3, -0.25) is 4.79 Å². The highest BCUT2D eigenvalue weighted by molar-refractivity contribution is 9.10. The number of nitrogens with zero attached hydrogens (tertiary/aromatic N) is 3. The molecule has 0 spiro atoms. The lowest BCUT2D eigenvalue weighted by molar-refractivity contribution is 0.0706. The van der Waals surface area contributed by atoms with Crippen LogP contribution in [-0.4, -0.2) is 34.1 Å². The Kier molecular flexibility index (Phi) is 5.31. The summed E-state index contributed by atoms with van der Waals surface area (Å²) in [6.07, 6.45) is 1.86. The maximum absolute atomic E-state index is 14.0. The van der Waals surface area contributed by atoms with Gasteiger partial charge in [-0.15, -0.1) is 10.2 Å². The van der Waals surface area contributed by atoms with Crippen LogP contribution in [0.15, 0.2) is 53.0 Å². The highest BCUT2D eigenvalue weighted by Crippen LogP contribution is 2.34. The van der Waals surface area contributed by atoms with Crippen molar-refractivity contribution in [2.75, 3.05) is 13.1 Å². The standard InChI is InChI=1S/C20H17BrFN3OS/c21-16-9-3-1-7-14(16)20(26)25-11-5-6-13(12-25)18-23-24-19(27-18)15-8-2-4-10-17(15)22/h1-4,7-10,13H,5-6,11-12H2/t13-/m1/s1. The topological polar surface area (TPSA) is 46.1 Å². The zero-order valence-electron chi connectivity index (χ0n) is 14.4. The van der Waals surface area contributed by atoms with Crippen molar-refractivity contribution >= 4 is 33.2 Å². The smallest absolute Gasteiger partial charge is 0.255 e. The van der Waals surface area contributed by atoms with Crippen molar-refractivity contribution in [1.82, 2.24) is 15.1 Å². The fraction of sp³-hybridized carbons (Fsp3) is 0.250. The van der Waals surface area contributed by atoms with Crippen LogP contribution in [0.4, 0.5) is 4.39 Å². The molecule has 27 heavy (non-hydrogen) atoms. The zero-order chi connectivity index (χ0) is 18.8. The molecule has 0 bridgehead atoms. The number of carbonyl (C=O) groups excluding carboxylic acids is 1. The summed E-state index contributed by atoms with van der Waals surface area (Å²) in [4.78, 5) is 14.8. The summed E-state index contributed by atoms with van der Waals surface area (Å²) in [6.45, 7) is 1.34. The van der Waals surface area contributed by atoms with Gasteiger partial charge in [-0.2, -0.15) is 0 Å². The molecule has 0 N–H and O–H groups in total. The number of halogens is 2. The Balaban J connectivity index is 1.53. The summed E-state index contributed by atoms with van der Waals surface area (Å²) in [5.74, 6) is -0.149. The van der Waals surface area contributed by atoms with E-state index in [9.17, 15) is 9.18 Å². The van der Waals surface area contributed by atoms with Gasteiger partial charge >= 0.3 is 0 Å². The van der Waals surface area contributed by atoms with Gasteiger partial charge in [-0.1, -0.05) is 35.6 Å². The van der Waals surface area contributed by atoms with Crippen LogP contribution in [-0.2, 0) is 0 Å². The number of benzene rings is 2. The van der Waals surface area contributed by atoms with Gasteiger partial charge < -0.3 is 4.90 Å². The maximum Gasteiger partial charge on any atom is 0.255 e. The molecule has 1 aliphatic heterocycles. The van der Waals surface area contributed by atoms with Crippen LogP contribution >= 0.6 is 27.3 Å². The number of piperidine rings is 1. The van der Waals surface area contributed by atoms with E-state index in [1.54, 1.807) is 18.2 Å². The molecule has 3 aromatic rings. The Bertz CT molecular complexity index is 977. The third kappa shape index (κ3) is 3.80. The van der Waals surface area contributed by atoms with E-state index in [0.717, 1.165) is 28.9 Å².